The van der Waals surface area contributed by atoms with Crippen LogP contribution in [0.2, 0.25) is 0 Å². The van der Waals surface area contributed by atoms with Gasteiger partial charge in [-0.2, -0.15) is 0 Å². The lowest BCUT2D eigenvalue weighted by molar-refractivity contribution is 0.321. The molecule has 2 aromatic rings. The minimum atomic E-state index is 0.0960. The van der Waals surface area contributed by atoms with Gasteiger partial charge in [0.05, 0.1) is 6.21 Å². The molecule has 0 aliphatic heterocycles. The SMILES string of the molecule is Cc1ccc(-c2ccc(O)c(C=NO)c2)cc1. The maximum absolute atomic E-state index is 9.55. The van der Waals surface area contributed by atoms with Crippen LogP contribution in [0, 0.1) is 6.92 Å². The summed E-state index contributed by atoms with van der Waals surface area (Å²) in [7, 11) is 0. The first-order valence-corrected chi connectivity index (χ1v) is 5.28. The van der Waals surface area contributed by atoms with E-state index < -0.39 is 0 Å². The van der Waals surface area contributed by atoms with Crippen molar-refractivity contribution in [3.05, 3.63) is 53.6 Å². The van der Waals surface area contributed by atoms with Crippen molar-refractivity contribution < 1.29 is 10.3 Å². The highest BCUT2D eigenvalue weighted by Gasteiger charge is 2.02. The van der Waals surface area contributed by atoms with Gasteiger partial charge in [-0.3, -0.25) is 0 Å². The Morgan fingerprint density at radius 2 is 1.65 bits per heavy atom. The normalized spacial score (nSPS) is 10.9. The molecule has 3 heteroatoms. The van der Waals surface area contributed by atoms with Crippen LogP contribution in [0.3, 0.4) is 0 Å². The maximum Gasteiger partial charge on any atom is 0.124 e. The zero-order valence-electron chi connectivity index (χ0n) is 9.46. The van der Waals surface area contributed by atoms with Gasteiger partial charge in [-0.15, -0.1) is 0 Å². The van der Waals surface area contributed by atoms with Gasteiger partial charge in [0.25, 0.3) is 0 Å². The zero-order chi connectivity index (χ0) is 12.3. The summed E-state index contributed by atoms with van der Waals surface area (Å²) in [5.41, 5.74) is 3.72. The lowest BCUT2D eigenvalue weighted by Crippen LogP contribution is -1.85. The van der Waals surface area contributed by atoms with Crippen molar-refractivity contribution in [1.29, 1.82) is 0 Å². The van der Waals surface area contributed by atoms with Crippen molar-refractivity contribution in [1.82, 2.24) is 0 Å². The molecule has 0 atom stereocenters. The summed E-state index contributed by atoms with van der Waals surface area (Å²) >= 11 is 0. The fourth-order valence-electron chi connectivity index (χ4n) is 1.65. The molecule has 0 saturated carbocycles. The molecule has 2 N–H and O–H groups in total. The number of aromatic hydroxyl groups is 1. The van der Waals surface area contributed by atoms with E-state index in [4.69, 9.17) is 5.21 Å². The molecule has 86 valence electrons. The predicted molar refractivity (Wildman–Crippen MR) is 67.7 cm³/mol. The van der Waals surface area contributed by atoms with Crippen molar-refractivity contribution >= 4 is 6.21 Å². The summed E-state index contributed by atoms with van der Waals surface area (Å²) in [4.78, 5) is 0. The molecule has 0 aliphatic carbocycles. The van der Waals surface area contributed by atoms with Crippen molar-refractivity contribution in [2.75, 3.05) is 0 Å². The Balaban J connectivity index is 2.46. The number of hydrogen-bond donors (Lipinski definition) is 2. The lowest BCUT2D eigenvalue weighted by atomic mass is 10.0. The van der Waals surface area contributed by atoms with Crippen LogP contribution in [0.15, 0.2) is 47.6 Å². The number of nitrogens with zero attached hydrogens (tertiary/aromatic N) is 1. The van der Waals surface area contributed by atoms with Crippen LogP contribution in [-0.4, -0.2) is 16.5 Å². The van der Waals surface area contributed by atoms with Gasteiger partial charge in [0.2, 0.25) is 0 Å². The van der Waals surface area contributed by atoms with Gasteiger partial charge in [-0.1, -0.05) is 41.1 Å². The summed E-state index contributed by atoms with van der Waals surface area (Å²) in [6.45, 7) is 2.03. The molecule has 3 nitrogen and oxygen atoms in total. The highest BCUT2D eigenvalue weighted by Crippen LogP contribution is 2.25. The van der Waals surface area contributed by atoms with Crippen molar-refractivity contribution in [3.63, 3.8) is 0 Å². The molecule has 0 amide bonds. The highest BCUT2D eigenvalue weighted by molar-refractivity contribution is 5.85. The number of phenols is 1. The average Bonchev–Trinajstić information content (AvgIpc) is 2.33. The van der Waals surface area contributed by atoms with Crippen LogP contribution in [0.1, 0.15) is 11.1 Å². The van der Waals surface area contributed by atoms with E-state index in [-0.39, 0.29) is 5.75 Å². The highest BCUT2D eigenvalue weighted by atomic mass is 16.4. The Kier molecular flexibility index (Phi) is 3.10. The summed E-state index contributed by atoms with van der Waals surface area (Å²) in [5, 5.41) is 21.0. The van der Waals surface area contributed by atoms with Crippen molar-refractivity contribution in [2.45, 2.75) is 6.92 Å². The molecule has 17 heavy (non-hydrogen) atoms. The first-order valence-electron chi connectivity index (χ1n) is 5.28. The second kappa shape index (κ2) is 4.70. The number of phenolic OH excluding ortho intramolecular Hbond substituents is 1. The van der Waals surface area contributed by atoms with E-state index in [0.717, 1.165) is 11.1 Å². The van der Waals surface area contributed by atoms with E-state index >= 15 is 0 Å². The van der Waals surface area contributed by atoms with Gasteiger partial charge >= 0.3 is 0 Å². The minimum Gasteiger partial charge on any atom is -0.507 e. The molecule has 0 saturated heterocycles. The molecule has 2 rings (SSSR count). The smallest absolute Gasteiger partial charge is 0.124 e. The Morgan fingerprint density at radius 1 is 1.00 bits per heavy atom. The molecule has 0 fully saturated rings. The number of rotatable bonds is 2. The van der Waals surface area contributed by atoms with Crippen LogP contribution in [0.5, 0.6) is 5.75 Å². The Labute approximate surface area is 99.7 Å². The third-order valence-corrected chi connectivity index (χ3v) is 2.61. The third kappa shape index (κ3) is 2.45. The Morgan fingerprint density at radius 3 is 2.29 bits per heavy atom. The number of oxime groups is 1. The molecule has 0 spiro atoms. The van der Waals surface area contributed by atoms with E-state index in [2.05, 4.69) is 5.16 Å². The summed E-state index contributed by atoms with van der Waals surface area (Å²) in [6, 6.07) is 13.3. The molecule has 0 radical (unpaired) electrons. The summed E-state index contributed by atoms with van der Waals surface area (Å²) in [6.07, 6.45) is 1.22. The molecule has 0 heterocycles. The molecule has 0 unspecified atom stereocenters. The van der Waals surface area contributed by atoms with Crippen LogP contribution < -0.4 is 0 Å². The fraction of sp³-hybridized carbons (Fsp3) is 0.0714. The van der Waals surface area contributed by atoms with Crippen LogP contribution in [0.25, 0.3) is 11.1 Å². The molecular weight excluding hydrogens is 214 g/mol. The molecular formula is C14H13NO2. The topological polar surface area (TPSA) is 52.8 Å². The van der Waals surface area contributed by atoms with Crippen molar-refractivity contribution in [3.8, 4) is 16.9 Å². The first kappa shape index (κ1) is 11.2. The molecule has 0 aliphatic rings. The maximum atomic E-state index is 9.55. The number of aryl methyl sites for hydroxylation is 1. The van der Waals surface area contributed by atoms with Crippen LogP contribution in [-0.2, 0) is 0 Å². The van der Waals surface area contributed by atoms with E-state index in [1.807, 2.05) is 37.3 Å². The van der Waals surface area contributed by atoms with Gasteiger partial charge in [0.15, 0.2) is 0 Å². The lowest BCUT2D eigenvalue weighted by Gasteiger charge is -2.05. The minimum absolute atomic E-state index is 0.0960. The molecule has 0 bridgehead atoms. The monoisotopic (exact) mass is 227 g/mol. The van der Waals surface area contributed by atoms with E-state index in [9.17, 15) is 5.11 Å². The molecule has 0 aromatic heterocycles. The van der Waals surface area contributed by atoms with E-state index in [1.54, 1.807) is 12.1 Å². The Bertz CT molecular complexity index is 545. The first-order chi connectivity index (χ1) is 8.20. The van der Waals surface area contributed by atoms with Gasteiger partial charge in [0, 0.05) is 5.56 Å². The van der Waals surface area contributed by atoms with Gasteiger partial charge in [-0.05, 0) is 30.2 Å². The number of hydrogen-bond acceptors (Lipinski definition) is 3. The van der Waals surface area contributed by atoms with Crippen molar-refractivity contribution in [2.24, 2.45) is 5.16 Å². The van der Waals surface area contributed by atoms with Gasteiger partial charge < -0.3 is 10.3 Å². The van der Waals surface area contributed by atoms with E-state index in [0.29, 0.717) is 5.56 Å². The van der Waals surface area contributed by atoms with Crippen LogP contribution in [0.4, 0.5) is 0 Å². The number of benzene rings is 2. The molecule has 2 aromatic carbocycles. The largest absolute Gasteiger partial charge is 0.507 e. The predicted octanol–water partition coefficient (Wildman–Crippen LogP) is 3.18. The Hall–Kier alpha value is -2.29. The summed E-state index contributed by atoms with van der Waals surface area (Å²) in [5.74, 6) is 0.0960. The van der Waals surface area contributed by atoms with Gasteiger partial charge in [0.1, 0.15) is 5.75 Å². The third-order valence-electron chi connectivity index (χ3n) is 2.61. The zero-order valence-corrected chi connectivity index (χ0v) is 9.46. The van der Waals surface area contributed by atoms with Gasteiger partial charge in [-0.25, -0.2) is 0 Å². The fourth-order valence-corrected chi connectivity index (χ4v) is 1.65. The summed E-state index contributed by atoms with van der Waals surface area (Å²) < 4.78 is 0. The average molecular weight is 227 g/mol. The van der Waals surface area contributed by atoms with E-state index in [1.165, 1.54) is 11.8 Å². The van der Waals surface area contributed by atoms with Crippen LogP contribution >= 0.6 is 0 Å². The quantitative estimate of drug-likeness (QED) is 0.470. The second-order valence-corrected chi connectivity index (χ2v) is 3.88. The second-order valence-electron chi connectivity index (χ2n) is 3.88. The standard InChI is InChI=1S/C14H13NO2/c1-10-2-4-11(5-3-10)12-6-7-14(16)13(8-12)9-15-17/h2-9,16-17H,1H3.